The second-order valence-corrected chi connectivity index (χ2v) is 6.60. The zero-order chi connectivity index (χ0) is 16.9. The topological polar surface area (TPSA) is 59.8 Å². The monoisotopic (exact) mass is 340 g/mol. The van der Waals surface area contributed by atoms with Crippen LogP contribution in [0.25, 0.3) is 0 Å². The molecule has 3 aromatic rings. The molecule has 3 rings (SSSR count). The van der Waals surface area contributed by atoms with E-state index in [9.17, 15) is 4.79 Å². The molecule has 0 spiro atoms. The van der Waals surface area contributed by atoms with Gasteiger partial charge in [-0.25, -0.2) is 9.67 Å². The van der Waals surface area contributed by atoms with E-state index in [0.29, 0.717) is 12.8 Å². The summed E-state index contributed by atoms with van der Waals surface area (Å²) in [5.74, 6) is 0.710. The Morgan fingerprint density at radius 1 is 1.29 bits per heavy atom. The van der Waals surface area contributed by atoms with Crippen molar-refractivity contribution < 1.29 is 4.79 Å². The maximum atomic E-state index is 12.3. The quantitative estimate of drug-likeness (QED) is 0.742. The number of hydrogen-bond acceptors (Lipinski definition) is 4. The molecule has 124 valence electrons. The van der Waals surface area contributed by atoms with E-state index in [1.165, 1.54) is 0 Å². The van der Waals surface area contributed by atoms with E-state index in [0.717, 1.165) is 22.0 Å². The molecule has 5 nitrogen and oxygen atoms in total. The van der Waals surface area contributed by atoms with Crippen LogP contribution in [0.3, 0.4) is 0 Å². The molecule has 2 aromatic heterocycles. The van der Waals surface area contributed by atoms with E-state index >= 15 is 0 Å². The summed E-state index contributed by atoms with van der Waals surface area (Å²) < 4.78 is 1.84. The van der Waals surface area contributed by atoms with Crippen LogP contribution in [0.5, 0.6) is 0 Å². The highest BCUT2D eigenvalue weighted by Gasteiger charge is 2.14. The van der Waals surface area contributed by atoms with Gasteiger partial charge in [-0.2, -0.15) is 5.10 Å². The summed E-state index contributed by atoms with van der Waals surface area (Å²) in [7, 11) is 0. The summed E-state index contributed by atoms with van der Waals surface area (Å²) in [6.07, 6.45) is 2.86. The lowest BCUT2D eigenvalue weighted by Crippen LogP contribution is -2.18. The van der Waals surface area contributed by atoms with Crippen LogP contribution in [0.1, 0.15) is 35.5 Å². The Hall–Kier alpha value is -2.47. The Morgan fingerprint density at radius 2 is 2.08 bits per heavy atom. The summed E-state index contributed by atoms with van der Waals surface area (Å²) >= 11 is 1.60. The Morgan fingerprint density at radius 3 is 2.79 bits per heavy atom. The number of amides is 1. The Balaban J connectivity index is 1.65. The van der Waals surface area contributed by atoms with Gasteiger partial charge in [-0.3, -0.25) is 4.79 Å². The van der Waals surface area contributed by atoms with Gasteiger partial charge in [-0.1, -0.05) is 30.3 Å². The minimum absolute atomic E-state index is 0.00943. The van der Waals surface area contributed by atoms with Gasteiger partial charge in [0.25, 0.3) is 0 Å². The lowest BCUT2D eigenvalue weighted by Gasteiger charge is -2.16. The van der Waals surface area contributed by atoms with Crippen LogP contribution < -0.4 is 5.32 Å². The van der Waals surface area contributed by atoms with E-state index in [1.54, 1.807) is 17.5 Å². The predicted octanol–water partition coefficient (Wildman–Crippen LogP) is 3.83. The Kier molecular flexibility index (Phi) is 5.05. The zero-order valence-electron chi connectivity index (χ0n) is 13.8. The third-order valence-corrected chi connectivity index (χ3v) is 5.01. The summed E-state index contributed by atoms with van der Waals surface area (Å²) in [6, 6.07) is 12.0. The molecule has 0 saturated carbocycles. The molecule has 1 atom stereocenters. The van der Waals surface area contributed by atoms with Gasteiger partial charge in [0.2, 0.25) is 5.91 Å². The van der Waals surface area contributed by atoms with E-state index < -0.39 is 0 Å². The summed E-state index contributed by atoms with van der Waals surface area (Å²) in [4.78, 5) is 17.6. The minimum Gasteiger partial charge on any atom is -0.311 e. The maximum Gasteiger partial charge on any atom is 0.225 e. The molecule has 0 saturated heterocycles. The summed E-state index contributed by atoms with van der Waals surface area (Å²) in [5, 5.41) is 7.33. The Bertz CT molecular complexity index is 809. The van der Waals surface area contributed by atoms with E-state index in [4.69, 9.17) is 0 Å². The second-order valence-electron chi connectivity index (χ2n) is 5.66. The van der Waals surface area contributed by atoms with Gasteiger partial charge in [-0.15, -0.1) is 11.3 Å². The molecule has 0 aliphatic rings. The molecular weight excluding hydrogens is 320 g/mol. The normalized spacial score (nSPS) is 12.1. The van der Waals surface area contributed by atoms with E-state index in [-0.39, 0.29) is 11.9 Å². The van der Waals surface area contributed by atoms with Crippen LogP contribution in [0, 0.1) is 6.92 Å². The summed E-state index contributed by atoms with van der Waals surface area (Å²) in [6.45, 7) is 4.04. The lowest BCUT2D eigenvalue weighted by atomic mass is 10.1. The highest BCUT2D eigenvalue weighted by molar-refractivity contribution is 7.09. The van der Waals surface area contributed by atoms with Crippen molar-refractivity contribution in [2.75, 3.05) is 5.32 Å². The number of benzene rings is 1. The van der Waals surface area contributed by atoms with Gasteiger partial charge in [0.15, 0.2) is 0 Å². The molecule has 0 fully saturated rings. The first-order valence-electron chi connectivity index (χ1n) is 7.92. The number of carbonyl (C=O) groups excluding carboxylic acids is 1. The third kappa shape index (κ3) is 3.71. The Labute approximate surface area is 145 Å². The largest absolute Gasteiger partial charge is 0.311 e. The zero-order valence-corrected chi connectivity index (χ0v) is 14.6. The number of hydrogen-bond donors (Lipinski definition) is 1. The van der Waals surface area contributed by atoms with Gasteiger partial charge >= 0.3 is 0 Å². The second kappa shape index (κ2) is 7.40. The molecule has 0 radical (unpaired) electrons. The first-order chi connectivity index (χ1) is 11.6. The van der Waals surface area contributed by atoms with Crippen LogP contribution >= 0.6 is 11.3 Å². The van der Waals surface area contributed by atoms with Gasteiger partial charge < -0.3 is 5.32 Å². The molecular formula is C18H20N4OS. The van der Waals surface area contributed by atoms with Crippen molar-refractivity contribution in [3.05, 3.63) is 64.2 Å². The number of rotatable bonds is 6. The molecule has 0 bridgehead atoms. The molecule has 1 N–H and O–H groups in total. The average Bonchev–Trinajstić information content (AvgIpc) is 3.22. The minimum atomic E-state index is -0.00943. The van der Waals surface area contributed by atoms with Crippen molar-refractivity contribution >= 4 is 23.1 Å². The SMILES string of the molecule is Cc1ncsc1CCC(=O)Nc1ccnn1C(C)c1ccccc1. The average molecular weight is 340 g/mol. The molecule has 0 aliphatic heterocycles. The fourth-order valence-corrected chi connectivity index (χ4v) is 3.37. The number of aromatic nitrogens is 3. The molecule has 1 unspecified atom stereocenters. The fourth-order valence-electron chi connectivity index (χ4n) is 2.59. The van der Waals surface area contributed by atoms with Crippen LogP contribution in [-0.4, -0.2) is 20.7 Å². The van der Waals surface area contributed by atoms with Crippen LogP contribution in [0.15, 0.2) is 48.1 Å². The molecule has 0 aliphatic carbocycles. The van der Waals surface area contributed by atoms with E-state index in [1.807, 2.05) is 41.4 Å². The van der Waals surface area contributed by atoms with Crippen molar-refractivity contribution in [3.8, 4) is 0 Å². The van der Waals surface area contributed by atoms with Crippen LogP contribution in [-0.2, 0) is 11.2 Å². The van der Waals surface area contributed by atoms with Crippen LogP contribution in [0.2, 0.25) is 0 Å². The van der Waals surface area contributed by atoms with Crippen LogP contribution in [0.4, 0.5) is 5.82 Å². The third-order valence-electron chi connectivity index (χ3n) is 4.01. The smallest absolute Gasteiger partial charge is 0.225 e. The number of aryl methyl sites for hydroxylation is 2. The van der Waals surface area contributed by atoms with Gasteiger partial charge in [0.1, 0.15) is 5.82 Å². The maximum absolute atomic E-state index is 12.3. The fraction of sp³-hybridized carbons (Fsp3) is 0.278. The van der Waals surface area contributed by atoms with Gasteiger partial charge in [-0.05, 0) is 25.8 Å². The van der Waals surface area contributed by atoms with Gasteiger partial charge in [0, 0.05) is 17.4 Å². The molecule has 2 heterocycles. The number of anilines is 1. The number of thiazole rings is 1. The number of nitrogens with zero attached hydrogens (tertiary/aromatic N) is 3. The first-order valence-corrected chi connectivity index (χ1v) is 8.80. The van der Waals surface area contributed by atoms with Gasteiger partial charge in [0.05, 0.1) is 23.4 Å². The standard InChI is InChI=1S/C18H20N4OS/c1-13-16(24-12-19-13)8-9-18(23)21-17-10-11-20-22(17)14(2)15-6-4-3-5-7-15/h3-7,10-12,14H,8-9H2,1-2H3,(H,21,23). The van der Waals surface area contributed by atoms with Crippen molar-refractivity contribution in [1.29, 1.82) is 0 Å². The number of carbonyl (C=O) groups is 1. The molecule has 1 amide bonds. The lowest BCUT2D eigenvalue weighted by molar-refractivity contribution is -0.116. The predicted molar refractivity (Wildman–Crippen MR) is 96.3 cm³/mol. The van der Waals surface area contributed by atoms with Crippen molar-refractivity contribution in [2.24, 2.45) is 0 Å². The molecule has 6 heteroatoms. The highest BCUT2D eigenvalue weighted by atomic mass is 32.1. The molecule has 1 aromatic carbocycles. The number of nitrogens with one attached hydrogen (secondary N) is 1. The van der Waals surface area contributed by atoms with Crippen molar-refractivity contribution in [1.82, 2.24) is 14.8 Å². The molecule has 24 heavy (non-hydrogen) atoms. The van der Waals surface area contributed by atoms with Crippen molar-refractivity contribution in [3.63, 3.8) is 0 Å². The highest BCUT2D eigenvalue weighted by Crippen LogP contribution is 2.21. The van der Waals surface area contributed by atoms with E-state index in [2.05, 4.69) is 34.5 Å². The first kappa shape index (κ1) is 16.4. The van der Waals surface area contributed by atoms with Crippen molar-refractivity contribution in [2.45, 2.75) is 32.7 Å². The summed E-state index contributed by atoms with van der Waals surface area (Å²) in [5.41, 5.74) is 3.98.